The molecule has 0 bridgehead atoms. The van der Waals surface area contributed by atoms with Crippen molar-refractivity contribution in [3.8, 4) is 11.4 Å². The number of pyridine rings is 2. The Bertz CT molecular complexity index is 1360. The van der Waals surface area contributed by atoms with Gasteiger partial charge in [-0.2, -0.15) is 18.3 Å². The van der Waals surface area contributed by atoms with E-state index in [-0.39, 0.29) is 5.91 Å². The first-order valence-corrected chi connectivity index (χ1v) is 11.9. The molecular weight excluding hydrogens is 487 g/mol. The number of aliphatic carboxylic acids is 1. The van der Waals surface area contributed by atoms with E-state index in [1.54, 1.807) is 6.20 Å². The minimum absolute atomic E-state index is 0.0730. The number of hydrogen-bond acceptors (Lipinski definition) is 4. The third kappa shape index (κ3) is 6.35. The predicted octanol–water partition coefficient (Wildman–Crippen LogP) is 4.92. The van der Waals surface area contributed by atoms with Gasteiger partial charge in [-0.25, -0.2) is 4.79 Å². The average molecular weight is 514 g/mol. The number of carbonyl (C=O) groups excluding carboxylic acids is 1. The lowest BCUT2D eigenvalue weighted by atomic mass is 10.2. The molecule has 11 heteroatoms. The quantitative estimate of drug-likeness (QED) is 0.381. The first kappa shape index (κ1) is 25.9. The smallest absolute Gasteiger partial charge is 0.475 e. The molecule has 1 saturated carbocycles. The predicted molar refractivity (Wildman–Crippen MR) is 130 cm³/mol. The van der Waals surface area contributed by atoms with Crippen molar-refractivity contribution in [3.63, 3.8) is 0 Å². The van der Waals surface area contributed by atoms with Gasteiger partial charge in [-0.3, -0.25) is 14.5 Å². The largest absolute Gasteiger partial charge is 0.490 e. The second-order valence-corrected chi connectivity index (χ2v) is 8.65. The Hall–Kier alpha value is -4.15. The molecule has 1 fully saturated rings. The van der Waals surface area contributed by atoms with Gasteiger partial charge >= 0.3 is 12.1 Å². The van der Waals surface area contributed by atoms with Crippen molar-refractivity contribution < 1.29 is 27.9 Å². The Morgan fingerprint density at radius 3 is 2.46 bits per heavy atom. The summed E-state index contributed by atoms with van der Waals surface area (Å²) in [5, 5.41) is 15.0. The van der Waals surface area contributed by atoms with E-state index < -0.39 is 12.1 Å². The van der Waals surface area contributed by atoms with Crippen LogP contribution in [-0.4, -0.2) is 48.9 Å². The molecule has 0 saturated heterocycles. The first-order chi connectivity index (χ1) is 17.7. The molecule has 5 rings (SSSR count). The topological polar surface area (TPSA) is 102 Å². The molecule has 37 heavy (non-hydrogen) atoms. The maximum absolute atomic E-state index is 12.9. The molecule has 0 spiro atoms. The van der Waals surface area contributed by atoms with Gasteiger partial charge < -0.3 is 14.8 Å². The molecule has 1 aliphatic carbocycles. The number of halogens is 3. The normalized spacial score (nSPS) is 13.8. The zero-order chi connectivity index (χ0) is 26.4. The molecule has 0 unspecified atom stereocenters. The fourth-order valence-corrected chi connectivity index (χ4v) is 4.32. The highest BCUT2D eigenvalue weighted by molar-refractivity contribution is 6.02. The minimum Gasteiger partial charge on any atom is -0.475 e. The maximum Gasteiger partial charge on any atom is 0.490 e. The SMILES string of the molecule is O=C(NCCc1ccccn1)c1cc(-c2ccn(C3CCCC3)n2)n2ccccc12.O=C(O)C(F)(F)F. The second-order valence-electron chi connectivity index (χ2n) is 8.65. The highest BCUT2D eigenvalue weighted by atomic mass is 19.4. The van der Waals surface area contributed by atoms with E-state index in [0.717, 1.165) is 22.6 Å². The van der Waals surface area contributed by atoms with Gasteiger partial charge in [0.1, 0.15) is 5.69 Å². The molecule has 2 N–H and O–H groups in total. The van der Waals surface area contributed by atoms with Crippen molar-refractivity contribution in [1.29, 1.82) is 0 Å². The Labute approximate surface area is 210 Å². The molecule has 8 nitrogen and oxygen atoms in total. The van der Waals surface area contributed by atoms with Crippen LogP contribution >= 0.6 is 0 Å². The third-order valence-electron chi connectivity index (χ3n) is 6.13. The number of nitrogens with one attached hydrogen (secondary N) is 1. The number of hydrogen-bond donors (Lipinski definition) is 2. The zero-order valence-electron chi connectivity index (χ0n) is 19.9. The average Bonchev–Trinajstić information content (AvgIpc) is 3.64. The van der Waals surface area contributed by atoms with E-state index in [4.69, 9.17) is 15.0 Å². The van der Waals surface area contributed by atoms with Gasteiger partial charge in [0.05, 0.1) is 22.8 Å². The zero-order valence-corrected chi connectivity index (χ0v) is 19.9. The maximum atomic E-state index is 12.9. The van der Waals surface area contributed by atoms with Crippen molar-refractivity contribution in [1.82, 2.24) is 24.5 Å². The summed E-state index contributed by atoms with van der Waals surface area (Å²) in [4.78, 5) is 26.1. The fraction of sp³-hybridized carbons (Fsp3) is 0.308. The summed E-state index contributed by atoms with van der Waals surface area (Å²) >= 11 is 0. The van der Waals surface area contributed by atoms with E-state index in [0.29, 0.717) is 24.6 Å². The summed E-state index contributed by atoms with van der Waals surface area (Å²) in [5.41, 5.74) is 4.37. The summed E-state index contributed by atoms with van der Waals surface area (Å²) < 4.78 is 35.9. The number of amides is 1. The summed E-state index contributed by atoms with van der Waals surface area (Å²) in [6.45, 7) is 0.547. The minimum atomic E-state index is -5.08. The van der Waals surface area contributed by atoms with Crippen LogP contribution < -0.4 is 5.32 Å². The second kappa shape index (κ2) is 11.3. The van der Waals surface area contributed by atoms with Gasteiger partial charge in [-0.1, -0.05) is 25.0 Å². The van der Waals surface area contributed by atoms with Crippen LogP contribution in [0.4, 0.5) is 13.2 Å². The van der Waals surface area contributed by atoms with Crippen LogP contribution in [0.25, 0.3) is 16.9 Å². The van der Waals surface area contributed by atoms with Gasteiger partial charge in [-0.05, 0) is 49.2 Å². The van der Waals surface area contributed by atoms with Crippen LogP contribution in [0.15, 0.2) is 67.1 Å². The molecule has 0 radical (unpaired) electrons. The highest BCUT2D eigenvalue weighted by Crippen LogP contribution is 2.31. The molecule has 4 aromatic heterocycles. The van der Waals surface area contributed by atoms with E-state index in [1.165, 1.54) is 25.7 Å². The number of carboxylic acids is 1. The van der Waals surface area contributed by atoms with Crippen LogP contribution in [0.3, 0.4) is 0 Å². The number of nitrogens with zero attached hydrogens (tertiary/aromatic N) is 4. The summed E-state index contributed by atoms with van der Waals surface area (Å²) in [6.07, 6.45) is 6.39. The molecule has 0 atom stereocenters. The van der Waals surface area contributed by atoms with E-state index >= 15 is 0 Å². The molecular formula is C26H26F3N5O3. The third-order valence-corrected chi connectivity index (χ3v) is 6.13. The molecule has 0 aromatic carbocycles. The monoisotopic (exact) mass is 513 g/mol. The molecule has 4 heterocycles. The van der Waals surface area contributed by atoms with Gasteiger partial charge in [-0.15, -0.1) is 0 Å². The van der Waals surface area contributed by atoms with Crippen molar-refractivity contribution in [3.05, 3.63) is 78.4 Å². The molecule has 4 aromatic rings. The Morgan fingerprint density at radius 2 is 1.78 bits per heavy atom. The Balaban J connectivity index is 0.000000405. The molecule has 194 valence electrons. The lowest BCUT2D eigenvalue weighted by Gasteiger charge is -2.08. The van der Waals surface area contributed by atoms with Crippen molar-refractivity contribution in [2.24, 2.45) is 0 Å². The lowest BCUT2D eigenvalue weighted by molar-refractivity contribution is -0.192. The summed E-state index contributed by atoms with van der Waals surface area (Å²) in [7, 11) is 0. The van der Waals surface area contributed by atoms with Crippen molar-refractivity contribution >= 4 is 17.4 Å². The number of alkyl halides is 3. The number of rotatable bonds is 6. The Morgan fingerprint density at radius 1 is 1.05 bits per heavy atom. The summed E-state index contributed by atoms with van der Waals surface area (Å²) in [5.74, 6) is -2.83. The van der Waals surface area contributed by atoms with Crippen LogP contribution in [0.2, 0.25) is 0 Å². The molecule has 1 amide bonds. The molecule has 1 aliphatic rings. The Kier molecular flexibility index (Phi) is 7.90. The van der Waals surface area contributed by atoms with Crippen LogP contribution in [0.5, 0.6) is 0 Å². The van der Waals surface area contributed by atoms with Crippen molar-refractivity contribution in [2.45, 2.75) is 44.3 Å². The standard InChI is InChI=1S/C24H25N5O.C2HF3O2/c30-24(26-14-11-18-7-3-5-13-25-18)20-17-23(28-15-6-4-10-22(20)28)21-12-16-29(27-21)19-8-1-2-9-19;3-2(4,5)1(6)7/h3-7,10,12-13,15-17,19H,1-2,8-9,11,14H2,(H,26,30);(H,6,7). The van der Waals surface area contributed by atoms with E-state index in [9.17, 15) is 18.0 Å². The van der Waals surface area contributed by atoms with Crippen LogP contribution in [0, 0.1) is 0 Å². The van der Waals surface area contributed by atoms with Gasteiger partial charge in [0, 0.05) is 37.3 Å². The fourth-order valence-electron chi connectivity index (χ4n) is 4.32. The number of carbonyl (C=O) groups is 2. The first-order valence-electron chi connectivity index (χ1n) is 11.9. The van der Waals surface area contributed by atoms with Gasteiger partial charge in [0.2, 0.25) is 0 Å². The van der Waals surface area contributed by atoms with E-state index in [2.05, 4.69) is 31.6 Å². The van der Waals surface area contributed by atoms with E-state index in [1.807, 2.05) is 48.7 Å². The van der Waals surface area contributed by atoms with Gasteiger partial charge in [0.15, 0.2) is 0 Å². The van der Waals surface area contributed by atoms with Crippen LogP contribution in [0.1, 0.15) is 47.8 Å². The number of carboxylic acid groups (broad SMARTS) is 1. The molecule has 0 aliphatic heterocycles. The lowest BCUT2D eigenvalue weighted by Crippen LogP contribution is -2.25. The highest BCUT2D eigenvalue weighted by Gasteiger charge is 2.38. The summed E-state index contributed by atoms with van der Waals surface area (Å²) in [6, 6.07) is 16.2. The number of aromatic nitrogens is 4. The van der Waals surface area contributed by atoms with Crippen LogP contribution in [-0.2, 0) is 11.2 Å². The van der Waals surface area contributed by atoms with Gasteiger partial charge in [0.25, 0.3) is 5.91 Å². The van der Waals surface area contributed by atoms with Crippen molar-refractivity contribution in [2.75, 3.05) is 6.54 Å². The number of fused-ring (bicyclic) bond motifs is 1.